The maximum Gasteiger partial charge on any atom is 0.253 e. The fraction of sp³-hybridized carbons (Fsp3) is 0.286. The Hall–Kier alpha value is -3.49. The predicted molar refractivity (Wildman–Crippen MR) is 139 cm³/mol. The highest BCUT2D eigenvalue weighted by atomic mass is 32.2. The molecule has 2 amide bonds. The van der Waals surface area contributed by atoms with Crippen LogP contribution in [0.2, 0.25) is 0 Å². The first-order valence-corrected chi connectivity index (χ1v) is 14.0. The Bertz CT molecular complexity index is 1360. The van der Waals surface area contributed by atoms with Gasteiger partial charge in [0.15, 0.2) is 9.84 Å². The van der Waals surface area contributed by atoms with E-state index in [0.717, 1.165) is 29.8 Å². The number of hydrogen-bond acceptors (Lipinski definition) is 5. The second-order valence-corrected chi connectivity index (χ2v) is 11.5. The minimum atomic E-state index is -3.28. The van der Waals surface area contributed by atoms with E-state index in [2.05, 4.69) is 4.90 Å². The molecule has 0 aliphatic carbocycles. The van der Waals surface area contributed by atoms with Gasteiger partial charge in [0.2, 0.25) is 0 Å². The molecular formula is C28H29N3O4S. The largest absolute Gasteiger partial charge is 0.336 e. The molecule has 2 saturated heterocycles. The van der Waals surface area contributed by atoms with E-state index in [4.69, 9.17) is 0 Å². The Kier molecular flexibility index (Phi) is 6.64. The highest BCUT2D eigenvalue weighted by Gasteiger charge is 2.37. The third-order valence-electron chi connectivity index (χ3n) is 7.02. The summed E-state index contributed by atoms with van der Waals surface area (Å²) in [5.74, 6) is 0.0766. The first-order chi connectivity index (χ1) is 17.3. The van der Waals surface area contributed by atoms with Gasteiger partial charge in [-0.25, -0.2) is 8.42 Å². The summed E-state index contributed by atoms with van der Waals surface area (Å²) in [6, 6.07) is 23.8. The molecule has 0 saturated carbocycles. The molecular weight excluding hydrogens is 474 g/mol. The fourth-order valence-electron chi connectivity index (χ4n) is 4.80. The number of carbonyl (C=O) groups is 2. The fourth-order valence-corrected chi connectivity index (χ4v) is 5.47. The summed E-state index contributed by atoms with van der Waals surface area (Å²) in [6.07, 6.45) is 1.19. The Labute approximate surface area is 211 Å². The first kappa shape index (κ1) is 24.2. The van der Waals surface area contributed by atoms with Gasteiger partial charge in [-0.1, -0.05) is 42.5 Å². The van der Waals surface area contributed by atoms with Crippen LogP contribution in [-0.2, 0) is 9.84 Å². The van der Waals surface area contributed by atoms with Crippen LogP contribution in [0, 0.1) is 0 Å². The van der Waals surface area contributed by atoms with Crippen molar-refractivity contribution < 1.29 is 18.0 Å². The van der Waals surface area contributed by atoms with E-state index >= 15 is 0 Å². The monoisotopic (exact) mass is 503 g/mol. The van der Waals surface area contributed by atoms with Crippen LogP contribution in [0.3, 0.4) is 0 Å². The highest BCUT2D eigenvalue weighted by Crippen LogP contribution is 2.25. The zero-order valence-corrected chi connectivity index (χ0v) is 21.0. The number of hydrogen-bond donors (Lipinski definition) is 0. The van der Waals surface area contributed by atoms with Crippen LogP contribution in [0.5, 0.6) is 0 Å². The van der Waals surface area contributed by atoms with Gasteiger partial charge in [-0.05, 0) is 47.5 Å². The molecule has 5 rings (SSSR count). The highest BCUT2D eigenvalue weighted by molar-refractivity contribution is 7.90. The van der Waals surface area contributed by atoms with Crippen molar-refractivity contribution in [2.75, 3.05) is 45.5 Å². The van der Waals surface area contributed by atoms with Crippen LogP contribution in [0.4, 0.5) is 0 Å². The molecule has 2 fully saturated rings. The molecule has 0 radical (unpaired) electrons. The summed E-state index contributed by atoms with van der Waals surface area (Å²) in [5.41, 5.74) is 3.00. The van der Waals surface area contributed by atoms with Gasteiger partial charge in [0.05, 0.1) is 4.90 Å². The minimum absolute atomic E-state index is 0.000535. The van der Waals surface area contributed by atoms with Crippen molar-refractivity contribution in [1.29, 1.82) is 0 Å². The quantitative estimate of drug-likeness (QED) is 0.535. The lowest BCUT2D eigenvalue weighted by molar-refractivity contribution is 0.00854. The lowest BCUT2D eigenvalue weighted by Gasteiger charge is -2.48. The predicted octanol–water partition coefficient (Wildman–Crippen LogP) is 3.04. The molecule has 186 valence electrons. The van der Waals surface area contributed by atoms with Crippen molar-refractivity contribution in [2.24, 2.45) is 0 Å². The lowest BCUT2D eigenvalue weighted by Crippen LogP contribution is -2.64. The van der Waals surface area contributed by atoms with Gasteiger partial charge in [0.25, 0.3) is 11.8 Å². The van der Waals surface area contributed by atoms with E-state index in [1.807, 2.05) is 58.3 Å². The molecule has 0 unspecified atom stereocenters. The van der Waals surface area contributed by atoms with Crippen molar-refractivity contribution >= 4 is 21.7 Å². The Balaban J connectivity index is 1.14. The summed E-state index contributed by atoms with van der Waals surface area (Å²) in [7, 11) is -3.28. The molecule has 0 atom stereocenters. The van der Waals surface area contributed by atoms with Gasteiger partial charge in [-0.15, -0.1) is 0 Å². The average molecular weight is 504 g/mol. The van der Waals surface area contributed by atoms with Gasteiger partial charge < -0.3 is 9.80 Å². The standard InChI is InChI=1S/C28H29N3O4S/c1-36(34,35)26-9-5-8-24(18-26)21-10-12-23(13-11-21)28(33)31-19-25(20-31)29-14-16-30(17-15-29)27(32)22-6-3-2-4-7-22/h2-13,18,25H,14-17,19-20H2,1H3. The summed E-state index contributed by atoms with van der Waals surface area (Å²) in [4.78, 5) is 32.0. The zero-order chi connectivity index (χ0) is 25.3. The summed E-state index contributed by atoms with van der Waals surface area (Å²) >= 11 is 0. The molecule has 0 bridgehead atoms. The minimum Gasteiger partial charge on any atom is -0.336 e. The topological polar surface area (TPSA) is 78.0 Å². The third-order valence-corrected chi connectivity index (χ3v) is 8.13. The number of likely N-dealkylation sites (tertiary alicyclic amines) is 1. The van der Waals surface area contributed by atoms with Crippen molar-refractivity contribution in [3.8, 4) is 11.1 Å². The lowest BCUT2D eigenvalue weighted by atomic mass is 10.0. The van der Waals surface area contributed by atoms with Crippen LogP contribution in [-0.4, -0.2) is 86.5 Å². The molecule has 0 spiro atoms. The van der Waals surface area contributed by atoms with Gasteiger partial charge >= 0.3 is 0 Å². The summed E-state index contributed by atoms with van der Waals surface area (Å²) in [6.45, 7) is 4.38. The van der Waals surface area contributed by atoms with E-state index in [-0.39, 0.29) is 16.7 Å². The van der Waals surface area contributed by atoms with Crippen LogP contribution in [0.1, 0.15) is 20.7 Å². The molecule has 3 aromatic carbocycles. The van der Waals surface area contributed by atoms with Crippen molar-refractivity contribution in [3.05, 3.63) is 90.0 Å². The Morgan fingerprint density at radius 1 is 0.694 bits per heavy atom. The van der Waals surface area contributed by atoms with Crippen LogP contribution in [0.25, 0.3) is 11.1 Å². The van der Waals surface area contributed by atoms with Crippen molar-refractivity contribution in [2.45, 2.75) is 10.9 Å². The van der Waals surface area contributed by atoms with Crippen LogP contribution in [0.15, 0.2) is 83.8 Å². The zero-order valence-electron chi connectivity index (χ0n) is 20.2. The first-order valence-electron chi connectivity index (χ1n) is 12.1. The molecule has 2 heterocycles. The van der Waals surface area contributed by atoms with Gasteiger partial charge in [0.1, 0.15) is 0 Å². The molecule has 3 aromatic rings. The number of rotatable bonds is 5. The molecule has 36 heavy (non-hydrogen) atoms. The van der Waals surface area contributed by atoms with Gasteiger partial charge in [-0.3, -0.25) is 14.5 Å². The number of amides is 2. The van der Waals surface area contributed by atoms with E-state index in [1.165, 1.54) is 6.26 Å². The molecule has 2 aliphatic rings. The van der Waals surface area contributed by atoms with Crippen LogP contribution < -0.4 is 0 Å². The number of sulfone groups is 1. The van der Waals surface area contributed by atoms with Gasteiger partial charge in [0, 0.05) is 62.7 Å². The van der Waals surface area contributed by atoms with Crippen LogP contribution >= 0.6 is 0 Å². The van der Waals surface area contributed by atoms with Gasteiger partial charge in [-0.2, -0.15) is 0 Å². The number of piperazine rings is 1. The number of nitrogens with zero attached hydrogens (tertiary/aromatic N) is 3. The maximum absolute atomic E-state index is 13.0. The van der Waals surface area contributed by atoms with Crippen molar-refractivity contribution in [3.63, 3.8) is 0 Å². The van der Waals surface area contributed by atoms with E-state index in [1.54, 1.807) is 30.3 Å². The smallest absolute Gasteiger partial charge is 0.253 e. The normalized spacial score (nSPS) is 17.0. The maximum atomic E-state index is 13.0. The Morgan fingerprint density at radius 2 is 1.31 bits per heavy atom. The summed E-state index contributed by atoms with van der Waals surface area (Å²) in [5, 5.41) is 0. The molecule has 7 nitrogen and oxygen atoms in total. The van der Waals surface area contributed by atoms with E-state index in [0.29, 0.717) is 37.8 Å². The molecule has 0 N–H and O–H groups in total. The number of benzene rings is 3. The molecule has 0 aromatic heterocycles. The Morgan fingerprint density at radius 3 is 1.94 bits per heavy atom. The van der Waals surface area contributed by atoms with E-state index in [9.17, 15) is 18.0 Å². The summed E-state index contributed by atoms with van der Waals surface area (Å²) < 4.78 is 23.7. The SMILES string of the molecule is CS(=O)(=O)c1cccc(-c2ccc(C(=O)N3CC(N4CCN(C(=O)c5ccccc5)CC4)C3)cc2)c1. The number of carbonyl (C=O) groups excluding carboxylic acids is 2. The second kappa shape index (κ2) is 9.87. The molecule has 2 aliphatic heterocycles. The van der Waals surface area contributed by atoms with E-state index < -0.39 is 9.84 Å². The second-order valence-electron chi connectivity index (χ2n) is 9.44. The third kappa shape index (κ3) is 5.05. The molecule has 8 heteroatoms. The van der Waals surface area contributed by atoms with Crippen molar-refractivity contribution in [1.82, 2.24) is 14.7 Å². The average Bonchev–Trinajstić information content (AvgIpc) is 2.88.